The number of aromatic amines is 1. The zero-order valence-electron chi connectivity index (χ0n) is 15.7. The van der Waals surface area contributed by atoms with E-state index in [0.29, 0.717) is 32.4 Å². The largest absolute Gasteiger partial charge is 0.493 e. The van der Waals surface area contributed by atoms with Crippen molar-refractivity contribution in [1.82, 2.24) is 9.66 Å². The highest BCUT2D eigenvalue weighted by Gasteiger charge is 2.12. The first kappa shape index (κ1) is 19.9. The van der Waals surface area contributed by atoms with Crippen LogP contribution in [-0.2, 0) is 0 Å². The zero-order valence-corrected chi connectivity index (χ0v) is 17.3. The first-order valence-electron chi connectivity index (χ1n) is 8.77. The number of nitrogens with one attached hydrogen (secondary N) is 1. The number of hydrogen-bond acceptors (Lipinski definition) is 5. The highest BCUT2D eigenvalue weighted by atomic mass is 79.9. The fraction of sp³-hybridized carbons (Fsp3) is 0.250. The van der Waals surface area contributed by atoms with E-state index in [1.807, 2.05) is 13.8 Å². The average molecular weight is 446 g/mol. The summed E-state index contributed by atoms with van der Waals surface area (Å²) in [7, 11) is 1.55. The Morgan fingerprint density at radius 2 is 2.00 bits per heavy atom. The number of fused-ring (bicyclic) bond motifs is 1. The van der Waals surface area contributed by atoms with Crippen LogP contribution in [0.5, 0.6) is 11.5 Å². The van der Waals surface area contributed by atoms with Gasteiger partial charge in [-0.1, -0.05) is 19.1 Å². The highest BCUT2D eigenvalue weighted by Crippen LogP contribution is 2.33. The Labute approximate surface area is 169 Å². The molecule has 1 atom stereocenters. The van der Waals surface area contributed by atoms with Crippen LogP contribution >= 0.6 is 15.9 Å². The summed E-state index contributed by atoms with van der Waals surface area (Å²) in [5, 5.41) is 4.46. The molecule has 1 unspecified atom stereocenters. The van der Waals surface area contributed by atoms with Crippen LogP contribution in [0.25, 0.3) is 10.9 Å². The van der Waals surface area contributed by atoms with Crippen molar-refractivity contribution in [1.29, 1.82) is 0 Å². The van der Waals surface area contributed by atoms with E-state index in [1.165, 1.54) is 6.21 Å². The Kier molecular flexibility index (Phi) is 5.99. The molecule has 7 nitrogen and oxygen atoms in total. The van der Waals surface area contributed by atoms with E-state index in [1.54, 1.807) is 43.5 Å². The van der Waals surface area contributed by atoms with Gasteiger partial charge in [0, 0.05) is 10.0 Å². The number of aromatic nitrogens is 2. The highest BCUT2D eigenvalue weighted by molar-refractivity contribution is 9.10. The summed E-state index contributed by atoms with van der Waals surface area (Å²) in [6, 6.07) is 10.3. The van der Waals surface area contributed by atoms with Gasteiger partial charge in [0.15, 0.2) is 11.5 Å². The number of nitrogens with zero attached hydrogens (tertiary/aromatic N) is 2. The van der Waals surface area contributed by atoms with Crippen molar-refractivity contribution in [3.8, 4) is 11.5 Å². The molecule has 0 fully saturated rings. The predicted octanol–water partition coefficient (Wildman–Crippen LogP) is 3.52. The minimum absolute atomic E-state index is 0.0371. The normalized spacial score (nSPS) is 12.4. The summed E-state index contributed by atoms with van der Waals surface area (Å²) in [4.78, 5) is 27.4. The maximum Gasteiger partial charge on any atom is 0.349 e. The Morgan fingerprint density at radius 1 is 1.25 bits per heavy atom. The quantitative estimate of drug-likeness (QED) is 0.588. The van der Waals surface area contributed by atoms with Crippen LogP contribution in [0.15, 0.2) is 55.6 Å². The van der Waals surface area contributed by atoms with Crippen molar-refractivity contribution in [3.63, 3.8) is 0 Å². The van der Waals surface area contributed by atoms with Gasteiger partial charge in [0.1, 0.15) is 0 Å². The first-order chi connectivity index (χ1) is 13.4. The molecule has 0 saturated heterocycles. The molecule has 0 saturated carbocycles. The van der Waals surface area contributed by atoms with Gasteiger partial charge in [-0.05, 0) is 53.5 Å². The predicted molar refractivity (Wildman–Crippen MR) is 113 cm³/mol. The van der Waals surface area contributed by atoms with Gasteiger partial charge in [0.25, 0.3) is 5.56 Å². The summed E-state index contributed by atoms with van der Waals surface area (Å²) in [6.45, 7) is 4.01. The van der Waals surface area contributed by atoms with E-state index in [4.69, 9.17) is 9.47 Å². The molecule has 0 aliphatic heterocycles. The molecule has 0 aliphatic rings. The van der Waals surface area contributed by atoms with Crippen molar-refractivity contribution in [2.24, 2.45) is 5.10 Å². The zero-order chi connectivity index (χ0) is 20.3. The van der Waals surface area contributed by atoms with Crippen LogP contribution in [0.4, 0.5) is 0 Å². The van der Waals surface area contributed by atoms with Gasteiger partial charge in [-0.25, -0.2) is 4.79 Å². The van der Waals surface area contributed by atoms with Gasteiger partial charge in [0.05, 0.1) is 30.3 Å². The second-order valence-corrected chi connectivity index (χ2v) is 7.05. The Bertz CT molecular complexity index is 1150. The number of benzene rings is 2. The molecule has 1 aromatic heterocycles. The van der Waals surface area contributed by atoms with Gasteiger partial charge < -0.3 is 14.5 Å². The van der Waals surface area contributed by atoms with Gasteiger partial charge in [-0.2, -0.15) is 5.10 Å². The van der Waals surface area contributed by atoms with Gasteiger partial charge in [-0.15, -0.1) is 4.68 Å². The second-order valence-electron chi connectivity index (χ2n) is 6.20. The molecule has 1 N–H and O–H groups in total. The summed E-state index contributed by atoms with van der Waals surface area (Å²) < 4.78 is 12.8. The molecule has 0 radical (unpaired) electrons. The number of methoxy groups -OCH3 is 1. The van der Waals surface area contributed by atoms with E-state index in [0.717, 1.165) is 11.1 Å². The molecule has 1 heterocycles. The number of ether oxygens (including phenoxy) is 2. The Morgan fingerprint density at radius 3 is 2.71 bits per heavy atom. The first-order valence-corrected chi connectivity index (χ1v) is 9.56. The van der Waals surface area contributed by atoms with E-state index in [2.05, 4.69) is 26.0 Å². The van der Waals surface area contributed by atoms with Gasteiger partial charge in [0.2, 0.25) is 0 Å². The number of rotatable bonds is 6. The van der Waals surface area contributed by atoms with Crippen LogP contribution < -0.4 is 20.7 Å². The molecule has 0 amide bonds. The third-order valence-electron chi connectivity index (χ3n) is 4.28. The topological polar surface area (TPSA) is 85.7 Å². The van der Waals surface area contributed by atoms with Crippen molar-refractivity contribution < 1.29 is 9.47 Å². The van der Waals surface area contributed by atoms with E-state index < -0.39 is 11.2 Å². The van der Waals surface area contributed by atoms with Crippen LogP contribution in [0.1, 0.15) is 25.8 Å². The summed E-state index contributed by atoms with van der Waals surface area (Å²) in [5.41, 5.74) is 0.00123. The molecule has 3 rings (SSSR count). The van der Waals surface area contributed by atoms with Crippen molar-refractivity contribution >= 4 is 33.0 Å². The molecule has 0 spiro atoms. The maximum atomic E-state index is 12.6. The smallest absolute Gasteiger partial charge is 0.349 e. The molecule has 8 heteroatoms. The molecule has 0 aliphatic carbocycles. The fourth-order valence-corrected chi connectivity index (χ4v) is 3.00. The third-order valence-corrected chi connectivity index (χ3v) is 4.97. The van der Waals surface area contributed by atoms with Crippen molar-refractivity contribution in [3.05, 3.63) is 67.3 Å². The lowest BCUT2D eigenvalue weighted by Crippen LogP contribution is -2.32. The van der Waals surface area contributed by atoms with E-state index in [9.17, 15) is 9.59 Å². The lowest BCUT2D eigenvalue weighted by Gasteiger charge is -2.16. The lowest BCUT2D eigenvalue weighted by molar-refractivity contribution is 0.207. The second kappa shape index (κ2) is 8.43. The van der Waals surface area contributed by atoms with Crippen LogP contribution in [0.2, 0.25) is 0 Å². The number of H-pyrrole nitrogens is 1. The van der Waals surface area contributed by atoms with Crippen molar-refractivity contribution in [2.45, 2.75) is 26.4 Å². The Balaban J connectivity index is 2.02. The number of hydrogen-bond donors (Lipinski definition) is 1. The van der Waals surface area contributed by atoms with Crippen LogP contribution in [-0.4, -0.2) is 29.1 Å². The number of halogens is 1. The minimum atomic E-state index is -0.611. The molecule has 28 heavy (non-hydrogen) atoms. The average Bonchev–Trinajstić information content (AvgIpc) is 2.69. The molecular formula is C20H20BrN3O4. The van der Waals surface area contributed by atoms with E-state index in [-0.39, 0.29) is 6.10 Å². The van der Waals surface area contributed by atoms with Gasteiger partial charge in [-0.3, -0.25) is 4.79 Å². The molecular weight excluding hydrogens is 426 g/mol. The minimum Gasteiger partial charge on any atom is -0.493 e. The molecule has 146 valence electrons. The number of para-hydroxylation sites is 1. The Hall–Kier alpha value is -2.87. The summed E-state index contributed by atoms with van der Waals surface area (Å²) in [5.74, 6) is 1.13. The SMILES string of the molecule is CCC(C)Oc1cc(Br)c(C=Nn2c(=O)[nH]c3ccccc3c2=O)cc1OC. The van der Waals surface area contributed by atoms with Crippen molar-refractivity contribution in [2.75, 3.05) is 7.11 Å². The molecule has 0 bridgehead atoms. The molecule has 3 aromatic rings. The lowest BCUT2D eigenvalue weighted by atomic mass is 10.2. The van der Waals surface area contributed by atoms with Crippen LogP contribution in [0, 0.1) is 0 Å². The molecule has 2 aromatic carbocycles. The monoisotopic (exact) mass is 445 g/mol. The third kappa shape index (κ3) is 4.01. The standard InChI is InChI=1S/C20H20BrN3O4/c1-4-12(2)28-18-10-15(21)13(9-17(18)27-3)11-22-24-19(25)14-7-5-6-8-16(14)23-20(24)26/h5-12H,4H2,1-3H3,(H,23,26). The summed E-state index contributed by atoms with van der Waals surface area (Å²) >= 11 is 3.47. The van der Waals surface area contributed by atoms with Gasteiger partial charge >= 0.3 is 5.69 Å². The summed E-state index contributed by atoms with van der Waals surface area (Å²) in [6.07, 6.45) is 2.32. The van der Waals surface area contributed by atoms with Crippen LogP contribution in [0.3, 0.4) is 0 Å². The van der Waals surface area contributed by atoms with E-state index >= 15 is 0 Å². The maximum absolute atomic E-state index is 12.6. The fourth-order valence-electron chi connectivity index (χ4n) is 2.58.